The van der Waals surface area contributed by atoms with Gasteiger partial charge in [0.05, 0.1) is 0 Å². The maximum Gasteiger partial charge on any atom is 0.355 e. The molecule has 6 nitrogen and oxygen atoms in total. The van der Waals surface area contributed by atoms with Crippen LogP contribution in [-0.4, -0.2) is 29.3 Å². The Labute approximate surface area is 146 Å². The molecule has 0 saturated carbocycles. The first-order chi connectivity index (χ1) is 11.8. The number of Topliss-reactive ketones (excluding diaryl/α,β-unsaturated/α-hetero) is 1. The number of hydrogen-bond donors (Lipinski definition) is 2. The first-order valence-corrected chi connectivity index (χ1v) is 8.10. The second kappa shape index (κ2) is 7.79. The van der Waals surface area contributed by atoms with Gasteiger partial charge in [0.15, 0.2) is 12.4 Å². The molecular weight excluding hydrogens is 320 g/mol. The highest BCUT2D eigenvalue weighted by Crippen LogP contribution is 2.19. The number of para-hydroxylation sites is 1. The lowest BCUT2D eigenvalue weighted by Crippen LogP contribution is -2.22. The molecule has 1 aromatic carbocycles. The van der Waals surface area contributed by atoms with E-state index in [1.54, 1.807) is 19.9 Å². The predicted molar refractivity (Wildman–Crippen MR) is 95.0 cm³/mol. The van der Waals surface area contributed by atoms with Crippen molar-refractivity contribution in [1.29, 1.82) is 0 Å². The highest BCUT2D eigenvalue weighted by molar-refractivity contribution is 6.01. The van der Waals surface area contributed by atoms with Gasteiger partial charge >= 0.3 is 5.97 Å². The van der Waals surface area contributed by atoms with Crippen molar-refractivity contribution in [2.45, 2.75) is 34.1 Å². The van der Waals surface area contributed by atoms with E-state index in [-0.39, 0.29) is 11.5 Å². The lowest BCUT2D eigenvalue weighted by atomic mass is 10.1. The molecule has 0 radical (unpaired) electrons. The summed E-state index contributed by atoms with van der Waals surface area (Å²) < 4.78 is 5.07. The Balaban J connectivity index is 2.02. The van der Waals surface area contributed by atoms with Crippen LogP contribution in [0.25, 0.3) is 0 Å². The number of carbonyl (C=O) groups is 3. The molecule has 25 heavy (non-hydrogen) atoms. The number of carbonyl (C=O) groups excluding carboxylic acids is 3. The summed E-state index contributed by atoms with van der Waals surface area (Å²) in [5.74, 6) is -1.20. The number of H-pyrrole nitrogens is 1. The molecular formula is C19H22N2O4. The Hall–Kier alpha value is -2.89. The third-order valence-electron chi connectivity index (χ3n) is 4.00. The van der Waals surface area contributed by atoms with Crippen molar-refractivity contribution in [1.82, 2.24) is 4.98 Å². The van der Waals surface area contributed by atoms with Gasteiger partial charge < -0.3 is 15.0 Å². The van der Waals surface area contributed by atoms with E-state index in [1.807, 2.05) is 25.1 Å². The third-order valence-corrected chi connectivity index (χ3v) is 4.00. The van der Waals surface area contributed by atoms with Crippen LogP contribution in [0.1, 0.15) is 51.5 Å². The Morgan fingerprint density at radius 2 is 1.84 bits per heavy atom. The molecule has 2 aromatic rings. The van der Waals surface area contributed by atoms with E-state index >= 15 is 0 Å². The van der Waals surface area contributed by atoms with Crippen LogP contribution in [0, 0.1) is 13.8 Å². The Morgan fingerprint density at radius 1 is 1.16 bits per heavy atom. The number of amides is 1. The highest BCUT2D eigenvalue weighted by atomic mass is 16.5. The minimum atomic E-state index is -0.660. The van der Waals surface area contributed by atoms with Gasteiger partial charge in [-0.25, -0.2) is 4.79 Å². The molecule has 1 aromatic heterocycles. The van der Waals surface area contributed by atoms with Crippen LogP contribution in [-0.2, 0) is 16.0 Å². The van der Waals surface area contributed by atoms with E-state index in [9.17, 15) is 14.4 Å². The average molecular weight is 342 g/mol. The molecule has 0 aliphatic carbocycles. The molecule has 0 spiro atoms. The van der Waals surface area contributed by atoms with Crippen molar-refractivity contribution in [2.75, 3.05) is 11.9 Å². The number of aromatic nitrogens is 1. The molecule has 0 bridgehead atoms. The normalized spacial score (nSPS) is 10.4. The van der Waals surface area contributed by atoms with Gasteiger partial charge in [-0.05, 0) is 44.4 Å². The summed E-state index contributed by atoms with van der Waals surface area (Å²) in [7, 11) is 0. The van der Waals surface area contributed by atoms with Gasteiger partial charge in [-0.2, -0.15) is 0 Å². The van der Waals surface area contributed by atoms with Crippen molar-refractivity contribution in [2.24, 2.45) is 0 Å². The largest absolute Gasteiger partial charge is 0.451 e. The Bertz CT molecular complexity index is 821. The number of aryl methyl sites for hydroxylation is 2. The number of esters is 1. The molecule has 0 saturated heterocycles. The van der Waals surface area contributed by atoms with Crippen LogP contribution < -0.4 is 5.32 Å². The van der Waals surface area contributed by atoms with Crippen LogP contribution in [0.2, 0.25) is 0 Å². The highest BCUT2D eigenvalue weighted by Gasteiger charge is 2.21. The van der Waals surface area contributed by atoms with Crippen LogP contribution in [0.15, 0.2) is 24.3 Å². The minimum Gasteiger partial charge on any atom is -0.451 e. The number of ether oxygens (including phenoxy) is 1. The third kappa shape index (κ3) is 4.15. The number of nitrogens with one attached hydrogen (secondary N) is 2. The summed E-state index contributed by atoms with van der Waals surface area (Å²) in [6.07, 6.45) is 0.783. The number of rotatable bonds is 6. The topological polar surface area (TPSA) is 88.3 Å². The average Bonchev–Trinajstić information content (AvgIpc) is 2.87. The summed E-state index contributed by atoms with van der Waals surface area (Å²) in [4.78, 5) is 38.7. The van der Waals surface area contributed by atoms with E-state index in [0.717, 1.165) is 12.0 Å². The zero-order chi connectivity index (χ0) is 18.6. The molecule has 132 valence electrons. The molecule has 0 fully saturated rings. The van der Waals surface area contributed by atoms with Gasteiger partial charge in [-0.3, -0.25) is 9.59 Å². The van der Waals surface area contributed by atoms with Gasteiger partial charge in [-0.15, -0.1) is 0 Å². The van der Waals surface area contributed by atoms with Crippen molar-refractivity contribution >= 4 is 23.3 Å². The van der Waals surface area contributed by atoms with E-state index < -0.39 is 18.5 Å². The zero-order valence-electron chi connectivity index (χ0n) is 14.9. The fourth-order valence-electron chi connectivity index (χ4n) is 2.82. The monoisotopic (exact) mass is 342 g/mol. The molecule has 2 rings (SSSR count). The molecule has 0 aliphatic heterocycles. The quantitative estimate of drug-likeness (QED) is 0.623. The van der Waals surface area contributed by atoms with Gasteiger partial charge in [0.25, 0.3) is 5.91 Å². The fourth-order valence-corrected chi connectivity index (χ4v) is 2.82. The summed E-state index contributed by atoms with van der Waals surface area (Å²) in [6, 6.07) is 7.46. The number of hydrogen-bond acceptors (Lipinski definition) is 4. The van der Waals surface area contributed by atoms with E-state index in [2.05, 4.69) is 10.3 Å². The van der Waals surface area contributed by atoms with Gasteiger partial charge in [-0.1, -0.05) is 25.1 Å². The molecule has 0 aliphatic rings. The number of ketones is 1. The van der Waals surface area contributed by atoms with Crippen molar-refractivity contribution in [3.8, 4) is 0 Å². The zero-order valence-corrected chi connectivity index (χ0v) is 14.9. The van der Waals surface area contributed by atoms with Crippen LogP contribution in [0.4, 0.5) is 5.69 Å². The molecule has 0 unspecified atom stereocenters. The van der Waals surface area contributed by atoms with Crippen LogP contribution >= 0.6 is 0 Å². The van der Waals surface area contributed by atoms with Crippen LogP contribution in [0.3, 0.4) is 0 Å². The van der Waals surface area contributed by atoms with Gasteiger partial charge in [0.2, 0.25) is 0 Å². The van der Waals surface area contributed by atoms with E-state index in [0.29, 0.717) is 22.5 Å². The summed E-state index contributed by atoms with van der Waals surface area (Å²) in [5, 5.41) is 2.74. The van der Waals surface area contributed by atoms with Crippen molar-refractivity contribution in [3.05, 3.63) is 52.3 Å². The molecule has 6 heteroatoms. The summed E-state index contributed by atoms with van der Waals surface area (Å²) in [6.45, 7) is 6.43. The second-order valence-electron chi connectivity index (χ2n) is 5.82. The van der Waals surface area contributed by atoms with E-state index in [1.165, 1.54) is 6.92 Å². The second-order valence-corrected chi connectivity index (χ2v) is 5.82. The summed E-state index contributed by atoms with van der Waals surface area (Å²) in [5.41, 5.74) is 3.53. The molecule has 1 amide bonds. The maximum absolute atomic E-state index is 12.2. The lowest BCUT2D eigenvalue weighted by Gasteiger charge is -2.10. The molecule has 1 heterocycles. The fraction of sp³-hybridized carbons (Fsp3) is 0.316. The van der Waals surface area contributed by atoms with Crippen molar-refractivity contribution < 1.29 is 19.1 Å². The Morgan fingerprint density at radius 3 is 2.44 bits per heavy atom. The maximum atomic E-state index is 12.2. The lowest BCUT2D eigenvalue weighted by molar-refractivity contribution is -0.119. The van der Waals surface area contributed by atoms with Gasteiger partial charge in [0.1, 0.15) is 5.69 Å². The van der Waals surface area contributed by atoms with E-state index in [4.69, 9.17) is 4.74 Å². The van der Waals surface area contributed by atoms with Crippen LogP contribution in [0.5, 0.6) is 0 Å². The predicted octanol–water partition coefficient (Wildman–Crippen LogP) is 3.19. The number of benzene rings is 1. The smallest absolute Gasteiger partial charge is 0.355 e. The van der Waals surface area contributed by atoms with Gasteiger partial charge in [0, 0.05) is 16.9 Å². The summed E-state index contributed by atoms with van der Waals surface area (Å²) >= 11 is 0. The van der Waals surface area contributed by atoms with Crippen molar-refractivity contribution in [3.63, 3.8) is 0 Å². The molecule has 2 N–H and O–H groups in total. The minimum absolute atomic E-state index is 0.126. The first kappa shape index (κ1) is 18.4. The number of aromatic amines is 1. The first-order valence-electron chi connectivity index (χ1n) is 8.10. The standard InChI is InChI=1S/C19H22N2O4/c1-5-14-8-6-7-9-15(14)21-16(23)10-25-19(24)18-11(2)17(13(4)22)12(3)20-18/h6-9,20H,5,10H2,1-4H3,(H,21,23). The number of anilines is 1. The molecule has 0 atom stereocenters. The Kier molecular flexibility index (Phi) is 5.75. The SMILES string of the molecule is CCc1ccccc1NC(=O)COC(=O)c1[nH]c(C)c(C(C)=O)c1C.